The van der Waals surface area contributed by atoms with Gasteiger partial charge in [-0.1, -0.05) is 36.2 Å². The monoisotopic (exact) mass is 300 g/mol. The summed E-state index contributed by atoms with van der Waals surface area (Å²) in [5.74, 6) is -0.0107. The van der Waals surface area contributed by atoms with Gasteiger partial charge in [0.1, 0.15) is 0 Å². The number of nitrogens with one attached hydrogen (secondary N) is 2. The molecule has 2 rings (SSSR count). The first-order valence-electron chi connectivity index (χ1n) is 6.41. The molecule has 0 aliphatic carbocycles. The van der Waals surface area contributed by atoms with E-state index in [2.05, 4.69) is 10.6 Å². The Morgan fingerprint density at radius 1 is 1.32 bits per heavy atom. The molecule has 3 nitrogen and oxygen atoms in total. The number of amides is 1. The maximum atomic E-state index is 12.4. The molecule has 19 heavy (non-hydrogen) atoms. The van der Waals surface area contributed by atoms with Crippen molar-refractivity contribution in [1.29, 1.82) is 0 Å². The summed E-state index contributed by atoms with van der Waals surface area (Å²) in [6, 6.07) is 3.59. The summed E-state index contributed by atoms with van der Waals surface area (Å²) in [5, 5.41) is 7.14. The van der Waals surface area contributed by atoms with Crippen LogP contribution in [0, 0.1) is 12.3 Å². The number of rotatable bonds is 2. The van der Waals surface area contributed by atoms with Gasteiger partial charge in [0.25, 0.3) is 0 Å². The minimum atomic E-state index is -0.359. The maximum absolute atomic E-state index is 12.4. The van der Waals surface area contributed by atoms with Crippen molar-refractivity contribution in [1.82, 2.24) is 5.32 Å². The van der Waals surface area contributed by atoms with Gasteiger partial charge in [0.15, 0.2) is 0 Å². The van der Waals surface area contributed by atoms with Gasteiger partial charge in [-0.15, -0.1) is 0 Å². The van der Waals surface area contributed by atoms with Crippen molar-refractivity contribution in [3.63, 3.8) is 0 Å². The highest BCUT2D eigenvalue weighted by atomic mass is 35.5. The SMILES string of the molecule is Cc1ccc(Cl)c(NC(=O)C2(C)CCNCC2)c1Cl. The average molecular weight is 301 g/mol. The number of carbonyl (C=O) groups is 1. The largest absolute Gasteiger partial charge is 0.323 e. The Bertz CT molecular complexity index is 496. The summed E-state index contributed by atoms with van der Waals surface area (Å²) in [7, 11) is 0. The highest BCUT2D eigenvalue weighted by molar-refractivity contribution is 6.40. The minimum Gasteiger partial charge on any atom is -0.323 e. The molecule has 1 amide bonds. The van der Waals surface area contributed by atoms with Crippen molar-refractivity contribution < 1.29 is 4.79 Å². The van der Waals surface area contributed by atoms with Crippen molar-refractivity contribution in [3.8, 4) is 0 Å². The van der Waals surface area contributed by atoms with Gasteiger partial charge in [-0.05, 0) is 44.5 Å². The van der Waals surface area contributed by atoms with Gasteiger partial charge in [-0.2, -0.15) is 0 Å². The fourth-order valence-corrected chi connectivity index (χ4v) is 2.71. The first kappa shape index (κ1) is 14.6. The van der Waals surface area contributed by atoms with E-state index in [1.807, 2.05) is 19.9 Å². The van der Waals surface area contributed by atoms with Crippen LogP contribution in [-0.4, -0.2) is 19.0 Å². The zero-order valence-corrected chi connectivity index (χ0v) is 12.7. The van der Waals surface area contributed by atoms with Gasteiger partial charge >= 0.3 is 0 Å². The summed E-state index contributed by atoms with van der Waals surface area (Å²) in [4.78, 5) is 12.4. The first-order chi connectivity index (χ1) is 8.94. The van der Waals surface area contributed by atoms with E-state index in [1.165, 1.54) is 0 Å². The van der Waals surface area contributed by atoms with Crippen molar-refractivity contribution in [3.05, 3.63) is 27.7 Å². The Hall–Kier alpha value is -0.770. The number of hydrogen-bond donors (Lipinski definition) is 2. The molecule has 0 bridgehead atoms. The maximum Gasteiger partial charge on any atom is 0.230 e. The minimum absolute atomic E-state index is 0.0107. The number of aryl methyl sites for hydroxylation is 1. The first-order valence-corrected chi connectivity index (χ1v) is 7.16. The fraction of sp³-hybridized carbons (Fsp3) is 0.500. The molecule has 1 aliphatic rings. The van der Waals surface area contributed by atoms with Crippen LogP contribution in [0.15, 0.2) is 12.1 Å². The lowest BCUT2D eigenvalue weighted by molar-refractivity contribution is -0.126. The number of piperidine rings is 1. The second-order valence-electron chi connectivity index (χ2n) is 5.32. The predicted octanol–water partition coefficient (Wildman–Crippen LogP) is 3.63. The molecule has 0 saturated carbocycles. The molecule has 1 aromatic carbocycles. The zero-order valence-electron chi connectivity index (χ0n) is 11.1. The number of carbonyl (C=O) groups excluding carboxylic acids is 1. The van der Waals surface area contributed by atoms with E-state index in [4.69, 9.17) is 23.2 Å². The van der Waals surface area contributed by atoms with E-state index in [-0.39, 0.29) is 11.3 Å². The van der Waals surface area contributed by atoms with E-state index in [9.17, 15) is 4.79 Å². The molecule has 1 fully saturated rings. The Morgan fingerprint density at radius 3 is 2.58 bits per heavy atom. The molecule has 0 radical (unpaired) electrons. The molecule has 1 saturated heterocycles. The van der Waals surface area contributed by atoms with Crippen LogP contribution < -0.4 is 10.6 Å². The van der Waals surface area contributed by atoms with Gasteiger partial charge < -0.3 is 10.6 Å². The summed E-state index contributed by atoms with van der Waals surface area (Å²) >= 11 is 12.3. The lowest BCUT2D eigenvalue weighted by atomic mass is 9.80. The number of benzene rings is 1. The van der Waals surface area contributed by atoms with E-state index in [0.29, 0.717) is 15.7 Å². The average Bonchev–Trinajstić information content (AvgIpc) is 2.40. The molecule has 0 spiro atoms. The molecule has 104 valence electrons. The highest BCUT2D eigenvalue weighted by Crippen LogP contribution is 2.36. The quantitative estimate of drug-likeness (QED) is 0.876. The van der Waals surface area contributed by atoms with E-state index in [0.717, 1.165) is 31.5 Å². The number of hydrogen-bond acceptors (Lipinski definition) is 2. The molecule has 0 unspecified atom stereocenters. The van der Waals surface area contributed by atoms with Gasteiger partial charge in [0.2, 0.25) is 5.91 Å². The third-order valence-electron chi connectivity index (χ3n) is 3.78. The zero-order chi connectivity index (χ0) is 14.0. The number of halogens is 2. The molecule has 0 atom stereocenters. The number of anilines is 1. The van der Waals surface area contributed by atoms with Gasteiger partial charge in [-0.3, -0.25) is 4.79 Å². The second kappa shape index (κ2) is 5.70. The normalized spacial score (nSPS) is 18.1. The Labute approximate surface area is 123 Å². The van der Waals surface area contributed by atoms with Crippen LogP contribution in [0.4, 0.5) is 5.69 Å². The summed E-state index contributed by atoms with van der Waals surface area (Å²) in [5.41, 5.74) is 1.06. The van der Waals surface area contributed by atoms with Gasteiger partial charge in [0, 0.05) is 5.41 Å². The molecule has 1 heterocycles. The Balaban J connectivity index is 2.21. The van der Waals surface area contributed by atoms with Crippen LogP contribution in [0.2, 0.25) is 10.0 Å². The Morgan fingerprint density at radius 2 is 1.95 bits per heavy atom. The van der Waals surface area contributed by atoms with Crippen molar-refractivity contribution in [2.45, 2.75) is 26.7 Å². The Kier molecular flexibility index (Phi) is 4.39. The van der Waals surface area contributed by atoms with E-state index < -0.39 is 0 Å². The van der Waals surface area contributed by atoms with Crippen molar-refractivity contribution >= 4 is 34.8 Å². The van der Waals surface area contributed by atoms with Crippen LogP contribution in [0.5, 0.6) is 0 Å². The predicted molar refractivity (Wildman–Crippen MR) is 80.0 cm³/mol. The fourth-order valence-electron chi connectivity index (χ4n) is 2.24. The summed E-state index contributed by atoms with van der Waals surface area (Å²) in [6.07, 6.45) is 1.64. The van der Waals surface area contributed by atoms with Crippen molar-refractivity contribution in [2.75, 3.05) is 18.4 Å². The van der Waals surface area contributed by atoms with Crippen LogP contribution in [0.1, 0.15) is 25.3 Å². The van der Waals surface area contributed by atoms with E-state index >= 15 is 0 Å². The standard InChI is InChI=1S/C14H18Cl2N2O/c1-9-3-4-10(15)12(11(9)16)18-13(19)14(2)5-7-17-8-6-14/h3-4,17H,5-8H2,1-2H3,(H,18,19). The summed E-state index contributed by atoms with van der Waals surface area (Å²) < 4.78 is 0. The van der Waals surface area contributed by atoms with Crippen LogP contribution >= 0.6 is 23.2 Å². The third kappa shape index (κ3) is 3.04. The molecule has 0 aromatic heterocycles. The molecular formula is C14H18Cl2N2O. The summed E-state index contributed by atoms with van der Waals surface area (Å²) in [6.45, 7) is 5.60. The molecular weight excluding hydrogens is 283 g/mol. The molecule has 2 N–H and O–H groups in total. The molecule has 1 aromatic rings. The smallest absolute Gasteiger partial charge is 0.230 e. The third-order valence-corrected chi connectivity index (χ3v) is 4.58. The van der Waals surface area contributed by atoms with Crippen LogP contribution in [-0.2, 0) is 4.79 Å². The van der Waals surface area contributed by atoms with Crippen molar-refractivity contribution in [2.24, 2.45) is 5.41 Å². The molecule has 5 heteroatoms. The second-order valence-corrected chi connectivity index (χ2v) is 6.10. The highest BCUT2D eigenvalue weighted by Gasteiger charge is 2.35. The lowest BCUT2D eigenvalue weighted by Crippen LogP contribution is -2.42. The van der Waals surface area contributed by atoms with Crippen LogP contribution in [0.25, 0.3) is 0 Å². The topological polar surface area (TPSA) is 41.1 Å². The van der Waals surface area contributed by atoms with Gasteiger partial charge in [0.05, 0.1) is 15.7 Å². The van der Waals surface area contributed by atoms with E-state index in [1.54, 1.807) is 6.07 Å². The van der Waals surface area contributed by atoms with Gasteiger partial charge in [-0.25, -0.2) is 0 Å². The molecule has 1 aliphatic heterocycles. The lowest BCUT2D eigenvalue weighted by Gasteiger charge is -2.32. The van der Waals surface area contributed by atoms with Crippen LogP contribution in [0.3, 0.4) is 0 Å².